The van der Waals surface area contributed by atoms with Crippen LogP contribution in [0, 0.1) is 6.92 Å². The minimum Gasteiger partial charge on any atom is -0.352 e. The SMILES string of the molecule is Cc1nc(C(=O)N2C[C@@H]3[C@H](C2)N(C(C)C)S(=O)(=O)c2cccnc2N3C)cs1. The number of hydrogen-bond acceptors (Lipinski definition) is 7. The summed E-state index contributed by atoms with van der Waals surface area (Å²) in [6.45, 7) is 6.34. The molecule has 2 atom stereocenters. The highest BCUT2D eigenvalue weighted by atomic mass is 32.2. The second-order valence-electron chi connectivity index (χ2n) is 7.46. The van der Waals surface area contributed by atoms with Gasteiger partial charge in [0.15, 0.2) is 0 Å². The first-order valence-corrected chi connectivity index (χ1v) is 11.5. The summed E-state index contributed by atoms with van der Waals surface area (Å²) >= 11 is 1.43. The number of likely N-dealkylation sites (tertiary alicyclic amines) is 1. The number of sulfonamides is 1. The first-order valence-electron chi connectivity index (χ1n) is 9.14. The first-order chi connectivity index (χ1) is 13.2. The van der Waals surface area contributed by atoms with Crippen LogP contribution in [-0.4, -0.2) is 71.8 Å². The fourth-order valence-electron chi connectivity index (χ4n) is 4.15. The molecule has 0 saturated carbocycles. The van der Waals surface area contributed by atoms with Crippen LogP contribution >= 0.6 is 11.3 Å². The molecule has 8 nitrogen and oxygen atoms in total. The van der Waals surface area contributed by atoms with Crippen molar-refractivity contribution in [1.82, 2.24) is 19.2 Å². The molecule has 0 bridgehead atoms. The third kappa shape index (κ3) is 2.90. The van der Waals surface area contributed by atoms with Gasteiger partial charge >= 0.3 is 0 Å². The molecule has 0 radical (unpaired) electrons. The molecule has 1 amide bonds. The van der Waals surface area contributed by atoms with Crippen LogP contribution in [-0.2, 0) is 10.0 Å². The number of fused-ring (bicyclic) bond motifs is 2. The van der Waals surface area contributed by atoms with E-state index in [0.29, 0.717) is 24.6 Å². The Morgan fingerprint density at radius 1 is 1.29 bits per heavy atom. The number of carbonyl (C=O) groups is 1. The minimum absolute atomic E-state index is 0.159. The number of aromatic nitrogens is 2. The molecule has 0 N–H and O–H groups in total. The summed E-state index contributed by atoms with van der Waals surface area (Å²) in [7, 11) is -1.89. The quantitative estimate of drug-likeness (QED) is 0.732. The summed E-state index contributed by atoms with van der Waals surface area (Å²) < 4.78 is 28.4. The van der Waals surface area contributed by atoms with Crippen LogP contribution in [0.3, 0.4) is 0 Å². The average Bonchev–Trinajstić information content (AvgIpc) is 3.25. The third-order valence-corrected chi connectivity index (χ3v) is 8.25. The minimum atomic E-state index is -3.74. The molecule has 2 aliphatic heterocycles. The van der Waals surface area contributed by atoms with Gasteiger partial charge in [-0.15, -0.1) is 11.3 Å². The third-order valence-electron chi connectivity index (χ3n) is 5.36. The number of thiazole rings is 1. The van der Waals surface area contributed by atoms with Crippen molar-refractivity contribution in [3.8, 4) is 0 Å². The van der Waals surface area contributed by atoms with E-state index in [1.54, 1.807) is 32.9 Å². The Morgan fingerprint density at radius 2 is 2.00 bits per heavy atom. The van der Waals surface area contributed by atoms with Gasteiger partial charge in [0.2, 0.25) is 10.0 Å². The fraction of sp³-hybridized carbons (Fsp3) is 0.500. The summed E-state index contributed by atoms with van der Waals surface area (Å²) in [6, 6.07) is 2.47. The second kappa shape index (κ2) is 6.78. The summed E-state index contributed by atoms with van der Waals surface area (Å²) in [6.07, 6.45) is 1.60. The maximum Gasteiger partial charge on any atom is 0.273 e. The molecule has 1 saturated heterocycles. The topological polar surface area (TPSA) is 86.7 Å². The van der Waals surface area contributed by atoms with Crippen LogP contribution in [0.5, 0.6) is 0 Å². The number of rotatable bonds is 2. The summed E-state index contributed by atoms with van der Waals surface area (Å²) in [5, 5.41) is 2.59. The Morgan fingerprint density at radius 3 is 2.64 bits per heavy atom. The van der Waals surface area contributed by atoms with E-state index in [4.69, 9.17) is 0 Å². The van der Waals surface area contributed by atoms with Crippen molar-refractivity contribution in [3.05, 3.63) is 34.4 Å². The predicted molar refractivity (Wildman–Crippen MR) is 107 cm³/mol. The van der Waals surface area contributed by atoms with Gasteiger partial charge in [-0.1, -0.05) is 0 Å². The van der Waals surface area contributed by atoms with Gasteiger partial charge in [-0.3, -0.25) is 4.79 Å². The van der Waals surface area contributed by atoms with Gasteiger partial charge in [-0.25, -0.2) is 18.4 Å². The van der Waals surface area contributed by atoms with E-state index in [-0.39, 0.29) is 28.9 Å². The van der Waals surface area contributed by atoms with Crippen molar-refractivity contribution in [2.45, 2.75) is 43.8 Å². The Labute approximate surface area is 168 Å². The number of pyridine rings is 1. The van der Waals surface area contributed by atoms with Gasteiger partial charge < -0.3 is 9.80 Å². The number of carbonyl (C=O) groups excluding carboxylic acids is 1. The van der Waals surface area contributed by atoms with Crippen LogP contribution in [0.1, 0.15) is 29.3 Å². The number of aryl methyl sites for hydroxylation is 1. The molecule has 10 heteroatoms. The zero-order chi connectivity index (χ0) is 20.2. The maximum absolute atomic E-state index is 13.4. The molecule has 2 aliphatic rings. The fourth-order valence-corrected chi connectivity index (χ4v) is 6.76. The molecule has 150 valence electrons. The van der Waals surface area contributed by atoms with Gasteiger partial charge in [0.1, 0.15) is 16.4 Å². The summed E-state index contributed by atoms with van der Waals surface area (Å²) in [4.78, 5) is 25.4. The highest BCUT2D eigenvalue weighted by Crippen LogP contribution is 2.37. The highest BCUT2D eigenvalue weighted by molar-refractivity contribution is 7.89. The van der Waals surface area contributed by atoms with Crippen molar-refractivity contribution in [2.75, 3.05) is 25.0 Å². The molecule has 0 unspecified atom stereocenters. The number of amides is 1. The largest absolute Gasteiger partial charge is 0.352 e. The molecule has 4 heterocycles. The molecule has 0 spiro atoms. The molecular weight excluding hydrogens is 398 g/mol. The molecule has 4 rings (SSSR count). The van der Waals surface area contributed by atoms with E-state index in [0.717, 1.165) is 5.01 Å². The van der Waals surface area contributed by atoms with Crippen LogP contribution in [0.4, 0.5) is 5.82 Å². The predicted octanol–water partition coefficient (Wildman–Crippen LogP) is 1.59. The Hall–Kier alpha value is -2.04. The normalized spacial score (nSPS) is 24.2. The number of nitrogens with zero attached hydrogens (tertiary/aromatic N) is 5. The highest BCUT2D eigenvalue weighted by Gasteiger charge is 2.50. The van der Waals surface area contributed by atoms with Gasteiger partial charge in [-0.2, -0.15) is 4.31 Å². The Kier molecular flexibility index (Phi) is 4.67. The number of anilines is 1. The Bertz CT molecular complexity index is 1020. The van der Waals surface area contributed by atoms with Gasteiger partial charge in [0.25, 0.3) is 5.91 Å². The zero-order valence-corrected chi connectivity index (χ0v) is 17.9. The first kappa shape index (κ1) is 19.3. The summed E-state index contributed by atoms with van der Waals surface area (Å²) in [5.41, 5.74) is 0.416. The van der Waals surface area contributed by atoms with E-state index in [9.17, 15) is 13.2 Å². The van der Waals surface area contributed by atoms with Crippen molar-refractivity contribution >= 4 is 33.1 Å². The van der Waals surface area contributed by atoms with Crippen LogP contribution in [0.15, 0.2) is 28.6 Å². The average molecular weight is 422 g/mol. The molecular formula is C18H23N5O3S2. The smallest absolute Gasteiger partial charge is 0.273 e. The Balaban J connectivity index is 1.77. The van der Waals surface area contributed by atoms with Crippen molar-refractivity contribution in [2.24, 2.45) is 0 Å². The standard InChI is InChI=1S/C18H23N5O3S2/c1-11(2)23-15-9-22(18(24)13-10-27-12(3)20-13)8-14(15)21(4)17-16(28(23,25)26)6-5-7-19-17/h5-7,10-11,14-15H,8-9H2,1-4H3/t14-,15+/m1/s1. The van der Waals surface area contributed by atoms with Crippen molar-refractivity contribution < 1.29 is 13.2 Å². The van der Waals surface area contributed by atoms with E-state index in [1.165, 1.54) is 11.3 Å². The van der Waals surface area contributed by atoms with E-state index >= 15 is 0 Å². The van der Waals surface area contributed by atoms with Crippen LogP contribution in [0.2, 0.25) is 0 Å². The lowest BCUT2D eigenvalue weighted by Crippen LogP contribution is -2.52. The van der Waals surface area contributed by atoms with E-state index < -0.39 is 10.0 Å². The lowest BCUT2D eigenvalue weighted by atomic mass is 10.1. The van der Waals surface area contributed by atoms with E-state index in [1.807, 2.05) is 32.7 Å². The van der Waals surface area contributed by atoms with Crippen molar-refractivity contribution in [3.63, 3.8) is 0 Å². The lowest BCUT2D eigenvalue weighted by molar-refractivity contribution is 0.0776. The monoisotopic (exact) mass is 421 g/mol. The number of likely N-dealkylation sites (N-methyl/N-ethyl adjacent to an activating group) is 1. The van der Waals surface area contributed by atoms with Gasteiger partial charge in [-0.05, 0) is 32.9 Å². The molecule has 1 fully saturated rings. The molecule has 2 aromatic rings. The van der Waals surface area contributed by atoms with Crippen LogP contribution in [0.25, 0.3) is 0 Å². The molecule has 2 aromatic heterocycles. The maximum atomic E-state index is 13.4. The van der Waals surface area contributed by atoms with E-state index in [2.05, 4.69) is 9.97 Å². The zero-order valence-electron chi connectivity index (χ0n) is 16.2. The number of hydrogen-bond donors (Lipinski definition) is 0. The molecule has 0 aromatic carbocycles. The second-order valence-corrected chi connectivity index (χ2v) is 10.3. The molecule has 28 heavy (non-hydrogen) atoms. The van der Waals surface area contributed by atoms with Crippen molar-refractivity contribution in [1.29, 1.82) is 0 Å². The lowest BCUT2D eigenvalue weighted by Gasteiger charge is -2.33. The molecule has 0 aliphatic carbocycles. The summed E-state index contributed by atoms with van der Waals surface area (Å²) in [5.74, 6) is 0.271. The van der Waals surface area contributed by atoms with Gasteiger partial charge in [0.05, 0.1) is 17.1 Å². The van der Waals surface area contributed by atoms with Gasteiger partial charge in [0, 0.05) is 37.8 Å². The van der Waals surface area contributed by atoms with Crippen LogP contribution < -0.4 is 4.90 Å².